The number of carbonyl (C=O) groups excluding carboxylic acids is 1. The van der Waals surface area contributed by atoms with Crippen molar-refractivity contribution in [3.05, 3.63) is 48.8 Å². The van der Waals surface area contributed by atoms with E-state index in [4.69, 9.17) is 4.74 Å². The molecule has 0 saturated heterocycles. The van der Waals surface area contributed by atoms with Crippen LogP contribution in [0.4, 0.5) is 28.4 Å². The van der Waals surface area contributed by atoms with Crippen LogP contribution in [0.3, 0.4) is 0 Å². The minimum Gasteiger partial charge on any atom is -0.497 e. The van der Waals surface area contributed by atoms with E-state index < -0.39 is 24.8 Å². The molecule has 0 saturated carbocycles. The van der Waals surface area contributed by atoms with E-state index in [1.54, 1.807) is 40.3 Å². The Morgan fingerprint density at radius 2 is 2.03 bits per heavy atom. The molecule has 0 fully saturated rings. The number of aromatic nitrogens is 2. The standard InChI is InChI=1S/C18H15F3N4O4/c1-29-13-5-6-24-14(9-22-15(24)8-13)11-3-2-4-12(7-11)25(17(27)28)16(26)23-10-18(19,20)21/h2-9H,10H2,1H3,(H,23,26)(H,27,28). The highest BCUT2D eigenvalue weighted by Gasteiger charge is 2.31. The van der Waals surface area contributed by atoms with Crippen molar-refractivity contribution in [2.24, 2.45) is 0 Å². The van der Waals surface area contributed by atoms with Gasteiger partial charge in [0.1, 0.15) is 17.9 Å². The minimum atomic E-state index is -4.67. The largest absolute Gasteiger partial charge is 0.497 e. The van der Waals surface area contributed by atoms with Crippen LogP contribution >= 0.6 is 0 Å². The lowest BCUT2D eigenvalue weighted by Crippen LogP contribution is -2.46. The summed E-state index contributed by atoms with van der Waals surface area (Å²) >= 11 is 0. The van der Waals surface area contributed by atoms with Crippen molar-refractivity contribution in [2.75, 3.05) is 18.6 Å². The fourth-order valence-electron chi connectivity index (χ4n) is 2.68. The number of anilines is 1. The van der Waals surface area contributed by atoms with Crippen LogP contribution in [0, 0.1) is 0 Å². The Morgan fingerprint density at radius 1 is 1.28 bits per heavy atom. The maximum Gasteiger partial charge on any atom is 0.420 e. The zero-order chi connectivity index (χ0) is 21.2. The molecule has 2 aromatic heterocycles. The number of hydrogen-bond donors (Lipinski definition) is 2. The van der Waals surface area contributed by atoms with Gasteiger partial charge in [-0.15, -0.1) is 0 Å². The van der Waals surface area contributed by atoms with Gasteiger partial charge in [0.2, 0.25) is 0 Å². The van der Waals surface area contributed by atoms with E-state index in [1.165, 1.54) is 25.3 Å². The Labute approximate surface area is 162 Å². The summed E-state index contributed by atoms with van der Waals surface area (Å²) in [6.45, 7) is -1.65. The van der Waals surface area contributed by atoms with Gasteiger partial charge in [-0.3, -0.25) is 4.40 Å². The maximum absolute atomic E-state index is 12.3. The molecule has 2 N–H and O–H groups in total. The summed E-state index contributed by atoms with van der Waals surface area (Å²) in [5, 5.41) is 10.9. The third-order valence-electron chi connectivity index (χ3n) is 3.95. The van der Waals surface area contributed by atoms with Crippen molar-refractivity contribution in [1.29, 1.82) is 0 Å². The van der Waals surface area contributed by atoms with Gasteiger partial charge in [0, 0.05) is 17.8 Å². The minimum absolute atomic E-state index is 0.113. The predicted octanol–water partition coefficient (Wildman–Crippen LogP) is 3.77. The molecule has 0 atom stereocenters. The van der Waals surface area contributed by atoms with Crippen molar-refractivity contribution in [1.82, 2.24) is 14.7 Å². The van der Waals surface area contributed by atoms with Gasteiger partial charge in [-0.2, -0.15) is 18.1 Å². The molecule has 3 rings (SSSR count). The fraction of sp³-hybridized carbons (Fsp3) is 0.167. The van der Waals surface area contributed by atoms with Gasteiger partial charge in [-0.1, -0.05) is 12.1 Å². The number of imide groups is 1. The second-order valence-electron chi connectivity index (χ2n) is 5.88. The topological polar surface area (TPSA) is 96.2 Å². The lowest BCUT2D eigenvalue weighted by Gasteiger charge is -2.19. The van der Waals surface area contributed by atoms with E-state index >= 15 is 0 Å². The molecule has 0 radical (unpaired) electrons. The van der Waals surface area contributed by atoms with E-state index in [2.05, 4.69) is 4.98 Å². The summed E-state index contributed by atoms with van der Waals surface area (Å²) in [5.74, 6) is 0.599. The number of rotatable bonds is 4. The molecule has 0 bridgehead atoms. The Bertz CT molecular complexity index is 1060. The van der Waals surface area contributed by atoms with Crippen molar-refractivity contribution < 1.29 is 32.6 Å². The number of nitrogens with zero attached hydrogens (tertiary/aromatic N) is 3. The van der Waals surface area contributed by atoms with Gasteiger partial charge in [-0.25, -0.2) is 14.6 Å². The number of imidazole rings is 1. The van der Waals surface area contributed by atoms with Crippen LogP contribution in [0.25, 0.3) is 16.9 Å². The molecule has 0 spiro atoms. The van der Waals surface area contributed by atoms with E-state index in [-0.39, 0.29) is 10.6 Å². The summed E-state index contributed by atoms with van der Waals surface area (Å²) in [5.41, 5.74) is 1.56. The van der Waals surface area contributed by atoms with Crippen molar-refractivity contribution in [3.8, 4) is 17.0 Å². The van der Waals surface area contributed by atoms with Crippen LogP contribution in [0.5, 0.6) is 5.75 Å². The molecule has 152 valence electrons. The normalized spacial score (nSPS) is 11.3. The number of ether oxygens (including phenoxy) is 1. The molecule has 3 amide bonds. The molecule has 0 aliphatic rings. The Morgan fingerprint density at radius 3 is 2.69 bits per heavy atom. The van der Waals surface area contributed by atoms with Gasteiger partial charge in [-0.05, 0) is 18.2 Å². The lowest BCUT2D eigenvalue weighted by atomic mass is 10.1. The second kappa shape index (κ2) is 7.70. The number of amides is 3. The average Bonchev–Trinajstić information content (AvgIpc) is 3.09. The third-order valence-corrected chi connectivity index (χ3v) is 3.95. The average molecular weight is 408 g/mol. The molecule has 3 aromatic rings. The smallest absolute Gasteiger partial charge is 0.420 e. The molecule has 0 aliphatic carbocycles. The highest BCUT2D eigenvalue weighted by molar-refractivity contribution is 6.11. The quantitative estimate of drug-likeness (QED) is 0.685. The van der Waals surface area contributed by atoms with Crippen LogP contribution in [-0.2, 0) is 0 Å². The molecule has 2 heterocycles. The van der Waals surface area contributed by atoms with Gasteiger partial charge < -0.3 is 15.2 Å². The summed E-state index contributed by atoms with van der Waals surface area (Å²) in [4.78, 5) is 28.0. The molecule has 1 aromatic carbocycles. The zero-order valence-electron chi connectivity index (χ0n) is 15.0. The van der Waals surface area contributed by atoms with Gasteiger partial charge in [0.05, 0.1) is 24.7 Å². The molecule has 0 unspecified atom stereocenters. The second-order valence-corrected chi connectivity index (χ2v) is 5.88. The Kier molecular flexibility index (Phi) is 5.31. The summed E-state index contributed by atoms with van der Waals surface area (Å²) in [6.07, 6.45) is -3.14. The first-order valence-corrected chi connectivity index (χ1v) is 8.19. The fourth-order valence-corrected chi connectivity index (χ4v) is 2.68. The number of alkyl halides is 3. The summed E-state index contributed by atoms with van der Waals surface area (Å²) in [7, 11) is 1.52. The van der Waals surface area contributed by atoms with Crippen molar-refractivity contribution >= 4 is 23.5 Å². The number of methoxy groups -OCH3 is 1. The number of fused-ring (bicyclic) bond motifs is 1. The molecule has 29 heavy (non-hydrogen) atoms. The number of carbonyl (C=O) groups is 2. The highest BCUT2D eigenvalue weighted by Crippen LogP contribution is 2.27. The van der Waals surface area contributed by atoms with Gasteiger partial charge >= 0.3 is 18.3 Å². The number of halogens is 3. The number of benzene rings is 1. The first-order chi connectivity index (χ1) is 13.7. The molecule has 8 nitrogen and oxygen atoms in total. The number of hydrogen-bond acceptors (Lipinski definition) is 4. The van der Waals surface area contributed by atoms with Crippen molar-refractivity contribution in [3.63, 3.8) is 0 Å². The summed E-state index contributed by atoms with van der Waals surface area (Å²) < 4.78 is 43.9. The van der Waals surface area contributed by atoms with Gasteiger partial charge in [0.25, 0.3) is 0 Å². The molecular formula is C18H15F3N4O4. The monoisotopic (exact) mass is 408 g/mol. The predicted molar refractivity (Wildman–Crippen MR) is 97.1 cm³/mol. The van der Waals surface area contributed by atoms with Gasteiger partial charge in [0.15, 0.2) is 0 Å². The van der Waals surface area contributed by atoms with Crippen LogP contribution in [0.2, 0.25) is 0 Å². The zero-order valence-corrected chi connectivity index (χ0v) is 15.0. The first-order valence-electron chi connectivity index (χ1n) is 8.19. The Hall–Kier alpha value is -3.76. The van der Waals surface area contributed by atoms with Crippen LogP contribution < -0.4 is 15.0 Å². The SMILES string of the molecule is COc1ccn2c(-c3cccc(N(C(=O)O)C(=O)NCC(F)(F)F)c3)cnc2c1. The van der Waals surface area contributed by atoms with Crippen LogP contribution in [-0.4, -0.2) is 46.4 Å². The lowest BCUT2D eigenvalue weighted by molar-refractivity contribution is -0.122. The van der Waals surface area contributed by atoms with E-state index in [1.807, 2.05) is 0 Å². The number of urea groups is 1. The Balaban J connectivity index is 1.95. The van der Waals surface area contributed by atoms with E-state index in [9.17, 15) is 27.9 Å². The number of nitrogens with one attached hydrogen (secondary N) is 1. The maximum atomic E-state index is 12.3. The van der Waals surface area contributed by atoms with Crippen molar-refractivity contribution in [2.45, 2.75) is 6.18 Å². The molecule has 11 heteroatoms. The summed E-state index contributed by atoms with van der Waals surface area (Å²) in [6, 6.07) is 7.81. The molecule has 0 aliphatic heterocycles. The van der Waals surface area contributed by atoms with Crippen LogP contribution in [0.1, 0.15) is 0 Å². The van der Waals surface area contributed by atoms with Crippen LogP contribution in [0.15, 0.2) is 48.8 Å². The van der Waals surface area contributed by atoms with E-state index in [0.29, 0.717) is 22.7 Å². The highest BCUT2D eigenvalue weighted by atomic mass is 19.4. The number of pyridine rings is 1. The third kappa shape index (κ3) is 4.39. The number of carboxylic acid groups (broad SMARTS) is 1. The molecular weight excluding hydrogens is 393 g/mol. The van der Waals surface area contributed by atoms with E-state index in [0.717, 1.165) is 0 Å². The first kappa shape index (κ1) is 20.0.